The van der Waals surface area contributed by atoms with E-state index in [0.29, 0.717) is 6.10 Å². The van der Waals surface area contributed by atoms with E-state index in [2.05, 4.69) is 26.5 Å². The standard InChI is InChI=1S/C17H30O/c1-4-6-7-10-15-11-8-13-17(18-15)14-9-12-16(17,3)5-2/h5,15H,2,4,6-14H2,1,3H3/t15?,16-,17?/m1/s1. The van der Waals surface area contributed by atoms with Crippen molar-refractivity contribution in [3.05, 3.63) is 12.7 Å². The van der Waals surface area contributed by atoms with Crippen LogP contribution in [0.3, 0.4) is 0 Å². The molecular formula is C17H30O. The van der Waals surface area contributed by atoms with Crippen LogP contribution in [0.25, 0.3) is 0 Å². The molecular weight excluding hydrogens is 220 g/mol. The second-order valence-electron chi connectivity index (χ2n) is 6.60. The van der Waals surface area contributed by atoms with E-state index >= 15 is 0 Å². The van der Waals surface area contributed by atoms with E-state index in [4.69, 9.17) is 4.74 Å². The van der Waals surface area contributed by atoms with Crippen LogP contribution in [0.2, 0.25) is 0 Å². The largest absolute Gasteiger partial charge is 0.371 e. The molecule has 0 aromatic rings. The molecule has 2 rings (SSSR count). The SMILES string of the molecule is C=C[C@]1(C)CCCC12CCCC(CCCCC)O2. The van der Waals surface area contributed by atoms with Crippen LogP contribution in [-0.2, 0) is 4.74 Å². The van der Waals surface area contributed by atoms with Crippen molar-refractivity contribution in [1.82, 2.24) is 0 Å². The first kappa shape index (κ1) is 14.1. The van der Waals surface area contributed by atoms with E-state index in [-0.39, 0.29) is 11.0 Å². The van der Waals surface area contributed by atoms with Crippen LogP contribution in [0.4, 0.5) is 0 Å². The summed E-state index contributed by atoms with van der Waals surface area (Å²) >= 11 is 0. The summed E-state index contributed by atoms with van der Waals surface area (Å²) in [5, 5.41) is 0. The van der Waals surface area contributed by atoms with Gasteiger partial charge in [0.1, 0.15) is 0 Å². The zero-order valence-electron chi connectivity index (χ0n) is 12.3. The highest BCUT2D eigenvalue weighted by Crippen LogP contribution is 2.54. The lowest BCUT2D eigenvalue weighted by atomic mass is 9.71. The van der Waals surface area contributed by atoms with Crippen molar-refractivity contribution in [2.75, 3.05) is 0 Å². The fourth-order valence-electron chi connectivity index (χ4n) is 4.02. The Bertz CT molecular complexity index is 285. The van der Waals surface area contributed by atoms with Gasteiger partial charge < -0.3 is 4.74 Å². The Kier molecular flexibility index (Phi) is 4.53. The summed E-state index contributed by atoms with van der Waals surface area (Å²) in [5.74, 6) is 0. The van der Waals surface area contributed by atoms with Crippen LogP contribution >= 0.6 is 0 Å². The van der Waals surface area contributed by atoms with Crippen LogP contribution in [0.5, 0.6) is 0 Å². The Labute approximate surface area is 113 Å². The van der Waals surface area contributed by atoms with E-state index in [0.717, 1.165) is 0 Å². The molecule has 1 aliphatic heterocycles. The highest BCUT2D eigenvalue weighted by atomic mass is 16.5. The lowest BCUT2D eigenvalue weighted by Gasteiger charge is -2.47. The third-order valence-corrected chi connectivity index (χ3v) is 5.40. The van der Waals surface area contributed by atoms with Gasteiger partial charge in [-0.25, -0.2) is 0 Å². The van der Waals surface area contributed by atoms with Crippen molar-refractivity contribution in [3.63, 3.8) is 0 Å². The summed E-state index contributed by atoms with van der Waals surface area (Å²) in [6.07, 6.45) is 15.6. The van der Waals surface area contributed by atoms with Gasteiger partial charge in [-0.05, 0) is 44.9 Å². The van der Waals surface area contributed by atoms with Crippen molar-refractivity contribution < 1.29 is 4.74 Å². The highest BCUT2D eigenvalue weighted by Gasteiger charge is 2.52. The van der Waals surface area contributed by atoms with E-state index in [9.17, 15) is 0 Å². The zero-order chi connectivity index (χ0) is 13.1. The summed E-state index contributed by atoms with van der Waals surface area (Å²) in [6, 6.07) is 0. The molecule has 1 spiro atoms. The Morgan fingerprint density at radius 3 is 2.72 bits per heavy atom. The molecule has 18 heavy (non-hydrogen) atoms. The maximum Gasteiger partial charge on any atom is 0.0773 e. The van der Waals surface area contributed by atoms with E-state index in [1.807, 2.05) is 0 Å². The summed E-state index contributed by atoms with van der Waals surface area (Å²) in [6.45, 7) is 8.72. The van der Waals surface area contributed by atoms with Crippen LogP contribution < -0.4 is 0 Å². The third-order valence-electron chi connectivity index (χ3n) is 5.40. The Morgan fingerprint density at radius 2 is 2.00 bits per heavy atom. The monoisotopic (exact) mass is 250 g/mol. The molecule has 1 nitrogen and oxygen atoms in total. The Balaban J connectivity index is 1.98. The van der Waals surface area contributed by atoms with Crippen molar-refractivity contribution in [2.24, 2.45) is 5.41 Å². The van der Waals surface area contributed by atoms with E-state index < -0.39 is 0 Å². The van der Waals surface area contributed by atoms with Crippen LogP contribution in [-0.4, -0.2) is 11.7 Å². The molecule has 1 saturated heterocycles. The third kappa shape index (κ3) is 2.52. The molecule has 3 atom stereocenters. The van der Waals surface area contributed by atoms with E-state index in [1.54, 1.807) is 0 Å². The van der Waals surface area contributed by atoms with Crippen LogP contribution in [0.15, 0.2) is 12.7 Å². The van der Waals surface area contributed by atoms with Gasteiger partial charge in [0.25, 0.3) is 0 Å². The number of ether oxygens (including phenoxy) is 1. The van der Waals surface area contributed by atoms with Gasteiger partial charge in [-0.15, -0.1) is 6.58 Å². The maximum atomic E-state index is 6.62. The molecule has 2 unspecified atom stereocenters. The van der Waals surface area contributed by atoms with Gasteiger partial charge in [0.05, 0.1) is 11.7 Å². The first-order chi connectivity index (χ1) is 8.66. The number of unbranched alkanes of at least 4 members (excludes halogenated alkanes) is 2. The minimum atomic E-state index is 0.129. The lowest BCUT2D eigenvalue weighted by Crippen LogP contribution is -2.48. The van der Waals surface area contributed by atoms with Gasteiger partial charge in [0.15, 0.2) is 0 Å². The molecule has 1 heterocycles. The van der Waals surface area contributed by atoms with Gasteiger partial charge in [-0.3, -0.25) is 0 Å². The molecule has 0 aromatic heterocycles. The smallest absolute Gasteiger partial charge is 0.0773 e. The number of hydrogen-bond acceptors (Lipinski definition) is 1. The zero-order valence-corrected chi connectivity index (χ0v) is 12.3. The molecule has 1 heteroatoms. The average Bonchev–Trinajstić information content (AvgIpc) is 2.68. The van der Waals surface area contributed by atoms with Crippen LogP contribution in [0.1, 0.15) is 78.1 Å². The fourth-order valence-corrected chi connectivity index (χ4v) is 4.02. The molecule has 2 aliphatic rings. The number of hydrogen-bond donors (Lipinski definition) is 0. The maximum absolute atomic E-state index is 6.62. The topological polar surface area (TPSA) is 9.23 Å². The normalized spacial score (nSPS) is 40.2. The minimum Gasteiger partial charge on any atom is -0.371 e. The van der Waals surface area contributed by atoms with Gasteiger partial charge in [0.2, 0.25) is 0 Å². The Morgan fingerprint density at radius 1 is 1.22 bits per heavy atom. The van der Waals surface area contributed by atoms with Crippen LogP contribution in [0, 0.1) is 5.41 Å². The second kappa shape index (κ2) is 5.77. The summed E-state index contributed by atoms with van der Waals surface area (Å²) in [5.41, 5.74) is 0.348. The van der Waals surface area contributed by atoms with Crippen molar-refractivity contribution in [2.45, 2.75) is 89.8 Å². The van der Waals surface area contributed by atoms with Gasteiger partial charge in [0, 0.05) is 5.41 Å². The quantitative estimate of drug-likeness (QED) is 0.478. The molecule has 0 amide bonds. The summed E-state index contributed by atoms with van der Waals surface area (Å²) < 4.78 is 6.62. The highest BCUT2D eigenvalue weighted by molar-refractivity contribution is 5.12. The summed E-state index contributed by atoms with van der Waals surface area (Å²) in [4.78, 5) is 0. The molecule has 1 saturated carbocycles. The molecule has 104 valence electrons. The van der Waals surface area contributed by atoms with Gasteiger partial charge in [-0.1, -0.05) is 39.2 Å². The molecule has 1 aliphatic carbocycles. The molecule has 0 radical (unpaired) electrons. The predicted octanol–water partition coefficient (Wildman–Crippen LogP) is 5.25. The first-order valence-corrected chi connectivity index (χ1v) is 7.97. The van der Waals surface area contributed by atoms with Gasteiger partial charge >= 0.3 is 0 Å². The average molecular weight is 250 g/mol. The molecule has 0 N–H and O–H groups in total. The fraction of sp³-hybridized carbons (Fsp3) is 0.882. The second-order valence-corrected chi connectivity index (χ2v) is 6.60. The van der Waals surface area contributed by atoms with E-state index in [1.165, 1.54) is 64.2 Å². The molecule has 0 aromatic carbocycles. The molecule has 2 fully saturated rings. The lowest BCUT2D eigenvalue weighted by molar-refractivity contribution is -0.166. The predicted molar refractivity (Wildman–Crippen MR) is 77.8 cm³/mol. The van der Waals surface area contributed by atoms with Gasteiger partial charge in [-0.2, -0.15) is 0 Å². The molecule has 0 bridgehead atoms. The van der Waals surface area contributed by atoms with Crippen molar-refractivity contribution >= 4 is 0 Å². The minimum absolute atomic E-state index is 0.129. The Hall–Kier alpha value is -0.300. The van der Waals surface area contributed by atoms with Crippen molar-refractivity contribution in [1.29, 1.82) is 0 Å². The number of rotatable bonds is 5. The summed E-state index contributed by atoms with van der Waals surface area (Å²) in [7, 11) is 0. The first-order valence-electron chi connectivity index (χ1n) is 7.97. The van der Waals surface area contributed by atoms with Crippen molar-refractivity contribution in [3.8, 4) is 0 Å².